The Bertz CT molecular complexity index is 1240. The van der Waals surface area contributed by atoms with Crippen molar-refractivity contribution in [3.63, 3.8) is 0 Å². The van der Waals surface area contributed by atoms with Gasteiger partial charge in [0.25, 0.3) is 10.0 Å². The van der Waals surface area contributed by atoms with Crippen molar-refractivity contribution in [3.05, 3.63) is 90.5 Å². The molecule has 0 spiro atoms. The number of anilines is 1. The summed E-state index contributed by atoms with van der Waals surface area (Å²) in [7, 11) is -7.74. The van der Waals surface area contributed by atoms with Crippen molar-refractivity contribution in [3.8, 4) is 0 Å². The van der Waals surface area contributed by atoms with Crippen molar-refractivity contribution in [1.29, 1.82) is 0 Å². The van der Waals surface area contributed by atoms with Crippen LogP contribution in [-0.2, 0) is 26.5 Å². The molecule has 1 aliphatic carbocycles. The third kappa shape index (κ3) is 5.15. The fourth-order valence-corrected chi connectivity index (χ4v) is 6.21. The molecule has 31 heavy (non-hydrogen) atoms. The zero-order chi connectivity index (χ0) is 21.9. The van der Waals surface area contributed by atoms with Crippen LogP contribution in [0.25, 0.3) is 0 Å². The number of nitrogens with one attached hydrogen (secondary N) is 1. The molecule has 0 radical (unpaired) electrons. The fourth-order valence-electron chi connectivity index (χ4n) is 3.28. The number of benzene rings is 3. The standard InChI is InChI=1S/C23H24N2O4S2/c26-30(27,24-20-14-15-20)22-12-7-13-23(18-22)31(28,29)25(21-10-5-2-6-11-21)17-16-19-8-3-1-4-9-19/h1-13,18,20,24H,14-17H2. The number of hydrogen-bond acceptors (Lipinski definition) is 4. The number of rotatable bonds is 9. The molecule has 6 nitrogen and oxygen atoms in total. The first-order valence-corrected chi connectivity index (χ1v) is 13.0. The zero-order valence-electron chi connectivity index (χ0n) is 16.9. The molecule has 1 aliphatic rings. The predicted molar refractivity (Wildman–Crippen MR) is 121 cm³/mol. The zero-order valence-corrected chi connectivity index (χ0v) is 18.5. The lowest BCUT2D eigenvalue weighted by Crippen LogP contribution is -2.33. The summed E-state index contributed by atoms with van der Waals surface area (Å²) in [6.45, 7) is 0.230. The van der Waals surface area contributed by atoms with Gasteiger partial charge < -0.3 is 0 Å². The summed E-state index contributed by atoms with van der Waals surface area (Å²) in [6.07, 6.45) is 2.13. The molecular formula is C23H24N2O4S2. The van der Waals surface area contributed by atoms with Gasteiger partial charge in [-0.2, -0.15) is 0 Å². The van der Waals surface area contributed by atoms with Crippen molar-refractivity contribution in [2.75, 3.05) is 10.8 Å². The van der Waals surface area contributed by atoms with E-state index in [1.807, 2.05) is 36.4 Å². The summed E-state index contributed by atoms with van der Waals surface area (Å²) in [4.78, 5) is -0.0976. The molecule has 1 saturated carbocycles. The quantitative estimate of drug-likeness (QED) is 0.534. The van der Waals surface area contributed by atoms with Gasteiger partial charge in [0.2, 0.25) is 10.0 Å². The van der Waals surface area contributed by atoms with Crippen LogP contribution in [0.5, 0.6) is 0 Å². The van der Waals surface area contributed by atoms with Gasteiger partial charge in [-0.3, -0.25) is 4.31 Å². The molecule has 0 heterocycles. The van der Waals surface area contributed by atoms with E-state index in [1.165, 1.54) is 28.6 Å². The smallest absolute Gasteiger partial charge is 0.264 e. The highest BCUT2D eigenvalue weighted by molar-refractivity contribution is 7.93. The van der Waals surface area contributed by atoms with E-state index >= 15 is 0 Å². The number of hydrogen-bond donors (Lipinski definition) is 1. The molecule has 1 N–H and O–H groups in total. The summed E-state index contributed by atoms with van der Waals surface area (Å²) in [5.74, 6) is 0. The fraction of sp³-hybridized carbons (Fsp3) is 0.217. The number of para-hydroxylation sites is 1. The summed E-state index contributed by atoms with van der Waals surface area (Å²) in [6, 6.07) is 24.0. The van der Waals surface area contributed by atoms with Crippen LogP contribution in [0, 0.1) is 0 Å². The van der Waals surface area contributed by atoms with E-state index in [1.54, 1.807) is 24.3 Å². The largest absolute Gasteiger partial charge is 0.266 e. The molecule has 0 saturated heterocycles. The lowest BCUT2D eigenvalue weighted by atomic mass is 10.1. The average molecular weight is 457 g/mol. The summed E-state index contributed by atoms with van der Waals surface area (Å²) >= 11 is 0. The van der Waals surface area contributed by atoms with Crippen molar-refractivity contribution in [2.24, 2.45) is 0 Å². The van der Waals surface area contributed by atoms with Crippen LogP contribution < -0.4 is 9.03 Å². The number of nitrogens with zero attached hydrogens (tertiary/aromatic N) is 1. The average Bonchev–Trinajstić information content (AvgIpc) is 3.59. The molecular weight excluding hydrogens is 432 g/mol. The van der Waals surface area contributed by atoms with Gasteiger partial charge in [0.15, 0.2) is 0 Å². The van der Waals surface area contributed by atoms with Crippen molar-refractivity contribution >= 4 is 25.7 Å². The van der Waals surface area contributed by atoms with E-state index in [9.17, 15) is 16.8 Å². The Kier molecular flexibility index (Phi) is 6.13. The van der Waals surface area contributed by atoms with Crippen LogP contribution in [0.15, 0.2) is 94.7 Å². The molecule has 0 unspecified atom stereocenters. The van der Waals surface area contributed by atoms with Crippen molar-refractivity contribution in [1.82, 2.24) is 4.72 Å². The molecule has 0 atom stereocenters. The van der Waals surface area contributed by atoms with E-state index in [2.05, 4.69) is 4.72 Å². The minimum absolute atomic E-state index is 0.0449. The molecule has 1 fully saturated rings. The lowest BCUT2D eigenvalue weighted by Gasteiger charge is -2.25. The Morgan fingerprint density at radius 1 is 0.774 bits per heavy atom. The minimum Gasteiger partial charge on any atom is -0.266 e. The summed E-state index contributed by atoms with van der Waals surface area (Å²) < 4.78 is 56.3. The molecule has 3 aromatic carbocycles. The highest BCUT2D eigenvalue weighted by Gasteiger charge is 2.30. The van der Waals surface area contributed by atoms with E-state index in [4.69, 9.17) is 0 Å². The molecule has 0 bridgehead atoms. The lowest BCUT2D eigenvalue weighted by molar-refractivity contribution is 0.580. The van der Waals surface area contributed by atoms with Gasteiger partial charge in [0, 0.05) is 12.6 Å². The van der Waals surface area contributed by atoms with Crippen LogP contribution in [0.3, 0.4) is 0 Å². The summed E-state index contributed by atoms with van der Waals surface area (Å²) in [5, 5.41) is 0. The Balaban J connectivity index is 1.67. The Morgan fingerprint density at radius 3 is 2.03 bits per heavy atom. The van der Waals surface area contributed by atoms with Gasteiger partial charge in [-0.05, 0) is 55.2 Å². The van der Waals surface area contributed by atoms with Gasteiger partial charge in [0.1, 0.15) is 0 Å². The van der Waals surface area contributed by atoms with E-state index < -0.39 is 20.0 Å². The molecule has 8 heteroatoms. The first-order valence-electron chi connectivity index (χ1n) is 10.1. The normalized spacial score (nSPS) is 14.3. The molecule has 0 aromatic heterocycles. The Labute approximate surface area is 183 Å². The monoisotopic (exact) mass is 456 g/mol. The van der Waals surface area contributed by atoms with E-state index in [-0.39, 0.29) is 22.4 Å². The second kappa shape index (κ2) is 8.82. The van der Waals surface area contributed by atoms with Crippen LogP contribution in [0.1, 0.15) is 18.4 Å². The van der Waals surface area contributed by atoms with Crippen molar-refractivity contribution in [2.45, 2.75) is 35.1 Å². The molecule has 0 aliphatic heterocycles. The highest BCUT2D eigenvalue weighted by atomic mass is 32.2. The van der Waals surface area contributed by atoms with Gasteiger partial charge in [-0.1, -0.05) is 54.6 Å². The highest BCUT2D eigenvalue weighted by Crippen LogP contribution is 2.27. The van der Waals surface area contributed by atoms with Crippen molar-refractivity contribution < 1.29 is 16.8 Å². The van der Waals surface area contributed by atoms with Gasteiger partial charge >= 0.3 is 0 Å². The molecule has 162 valence electrons. The van der Waals surface area contributed by atoms with Gasteiger partial charge in [-0.25, -0.2) is 21.6 Å². The number of sulfonamides is 2. The second-order valence-electron chi connectivity index (χ2n) is 7.52. The maximum absolute atomic E-state index is 13.6. The van der Waals surface area contributed by atoms with Crippen LogP contribution >= 0.6 is 0 Å². The maximum atomic E-state index is 13.6. The molecule has 4 rings (SSSR count). The second-order valence-corrected chi connectivity index (χ2v) is 11.1. The Hall–Kier alpha value is -2.68. The maximum Gasteiger partial charge on any atom is 0.264 e. The van der Waals surface area contributed by atoms with E-state index in [0.717, 1.165) is 18.4 Å². The van der Waals surface area contributed by atoms with Crippen LogP contribution in [0.2, 0.25) is 0 Å². The first-order chi connectivity index (χ1) is 14.9. The van der Waals surface area contributed by atoms with Gasteiger partial charge in [0.05, 0.1) is 15.5 Å². The van der Waals surface area contributed by atoms with Crippen LogP contribution in [-0.4, -0.2) is 29.4 Å². The molecule has 3 aromatic rings. The third-order valence-corrected chi connectivity index (χ3v) is 8.44. The van der Waals surface area contributed by atoms with Crippen LogP contribution in [0.4, 0.5) is 5.69 Å². The first kappa shape index (κ1) is 21.5. The topological polar surface area (TPSA) is 83.5 Å². The SMILES string of the molecule is O=S(=O)(NC1CC1)c1cccc(S(=O)(=O)N(CCc2ccccc2)c2ccccc2)c1. The summed E-state index contributed by atoms with van der Waals surface area (Å²) in [5.41, 5.74) is 1.55. The van der Waals surface area contributed by atoms with E-state index in [0.29, 0.717) is 12.1 Å². The Morgan fingerprint density at radius 2 is 1.39 bits per heavy atom. The molecule has 0 amide bonds. The van der Waals surface area contributed by atoms with Gasteiger partial charge in [-0.15, -0.1) is 0 Å². The predicted octanol–water partition coefficient (Wildman–Crippen LogP) is 3.57. The minimum atomic E-state index is -3.98. The third-order valence-electron chi connectivity index (χ3n) is 5.09.